The molecular weight excluding hydrogens is 250 g/mol. The first kappa shape index (κ1) is 15.7. The number of thioether (sulfide) groups is 1. The van der Waals surface area contributed by atoms with Crippen LogP contribution in [-0.4, -0.2) is 48.0 Å². The maximum atomic E-state index is 10.9. The van der Waals surface area contributed by atoms with Crippen molar-refractivity contribution in [2.45, 2.75) is 31.1 Å². The van der Waals surface area contributed by atoms with Gasteiger partial charge in [0.1, 0.15) is 15.4 Å². The van der Waals surface area contributed by atoms with E-state index in [2.05, 4.69) is 0 Å². The van der Waals surface area contributed by atoms with Gasteiger partial charge < -0.3 is 10.8 Å². The van der Waals surface area contributed by atoms with Crippen molar-refractivity contribution in [3.8, 4) is 0 Å². The van der Waals surface area contributed by atoms with Gasteiger partial charge in [0.25, 0.3) is 0 Å². The largest absolute Gasteiger partial charge is 0.480 e. The number of carboxylic acid groups (broad SMARTS) is 1. The second-order valence-electron chi connectivity index (χ2n) is 4.24. The third kappa shape index (κ3) is 7.08. The number of rotatable bonds is 7. The highest BCUT2D eigenvalue weighted by atomic mass is 32.2. The third-order valence-electron chi connectivity index (χ3n) is 2.06. The van der Waals surface area contributed by atoms with Crippen molar-refractivity contribution in [2.75, 3.05) is 17.8 Å². The number of hydrogen-bond donors (Lipinski definition) is 2. The van der Waals surface area contributed by atoms with Crippen molar-refractivity contribution in [1.82, 2.24) is 0 Å². The van der Waals surface area contributed by atoms with Gasteiger partial charge in [0, 0.05) is 17.3 Å². The number of carbonyl (C=O) groups is 1. The van der Waals surface area contributed by atoms with Crippen LogP contribution in [0.3, 0.4) is 0 Å². The highest BCUT2D eigenvalue weighted by molar-refractivity contribution is 8.01. The topological polar surface area (TPSA) is 97.5 Å². The monoisotopic (exact) mass is 269 g/mol. The fourth-order valence-corrected chi connectivity index (χ4v) is 3.61. The van der Waals surface area contributed by atoms with Crippen molar-refractivity contribution in [2.24, 2.45) is 5.73 Å². The first-order valence-electron chi connectivity index (χ1n) is 4.86. The third-order valence-corrected chi connectivity index (χ3v) is 4.44. The number of carboxylic acids is 1. The van der Waals surface area contributed by atoms with Gasteiger partial charge in [0.15, 0.2) is 0 Å². The second kappa shape index (κ2) is 5.88. The number of sulfone groups is 1. The van der Waals surface area contributed by atoms with Gasteiger partial charge in [-0.25, -0.2) is 8.42 Å². The van der Waals surface area contributed by atoms with Crippen LogP contribution in [0.1, 0.15) is 20.3 Å². The molecule has 0 aliphatic heterocycles. The Morgan fingerprint density at radius 3 is 2.44 bits per heavy atom. The molecule has 0 heterocycles. The molecule has 0 saturated heterocycles. The molecule has 0 saturated carbocycles. The van der Waals surface area contributed by atoms with E-state index in [0.717, 1.165) is 0 Å². The molecule has 2 unspecified atom stereocenters. The molecule has 0 fully saturated rings. The van der Waals surface area contributed by atoms with Gasteiger partial charge in [0.05, 0.1) is 5.75 Å². The minimum Gasteiger partial charge on any atom is -0.480 e. The minimum atomic E-state index is -2.95. The van der Waals surface area contributed by atoms with E-state index in [-0.39, 0.29) is 11.0 Å². The van der Waals surface area contributed by atoms with E-state index in [1.165, 1.54) is 24.9 Å². The molecule has 0 aromatic rings. The molecule has 0 bridgehead atoms. The summed E-state index contributed by atoms with van der Waals surface area (Å²) in [6, 6.07) is 0. The first-order chi connectivity index (χ1) is 7.04. The van der Waals surface area contributed by atoms with E-state index in [4.69, 9.17) is 10.8 Å². The molecule has 0 aromatic carbocycles. The fraction of sp³-hybridized carbons (Fsp3) is 0.889. The summed E-state index contributed by atoms with van der Waals surface area (Å²) in [6.07, 6.45) is 1.50. The lowest BCUT2D eigenvalue weighted by Crippen LogP contribution is -2.46. The van der Waals surface area contributed by atoms with Crippen LogP contribution in [0.5, 0.6) is 0 Å². The standard InChI is InChI=1S/C9H19NO4S2/c1-7(6-9(2,10)8(11)12)15-4-5-16(3,13)14/h7H,4-6,10H2,1-3H3,(H,11,12). The van der Waals surface area contributed by atoms with Gasteiger partial charge in [-0.15, -0.1) is 0 Å². The summed E-state index contributed by atoms with van der Waals surface area (Å²) < 4.78 is 21.7. The summed E-state index contributed by atoms with van der Waals surface area (Å²) in [5.41, 5.74) is 4.33. The molecule has 16 heavy (non-hydrogen) atoms. The molecule has 0 spiro atoms. The molecular formula is C9H19NO4S2. The van der Waals surface area contributed by atoms with E-state index in [1.807, 2.05) is 6.92 Å². The molecule has 96 valence electrons. The highest BCUT2D eigenvalue weighted by Crippen LogP contribution is 2.20. The first-order valence-corrected chi connectivity index (χ1v) is 7.97. The summed E-state index contributed by atoms with van der Waals surface area (Å²) in [7, 11) is -2.95. The van der Waals surface area contributed by atoms with Crippen LogP contribution in [0.4, 0.5) is 0 Å². The van der Waals surface area contributed by atoms with Crippen molar-refractivity contribution < 1.29 is 18.3 Å². The van der Waals surface area contributed by atoms with Crippen LogP contribution in [0.25, 0.3) is 0 Å². The molecule has 0 aromatic heterocycles. The highest BCUT2D eigenvalue weighted by Gasteiger charge is 2.29. The van der Waals surface area contributed by atoms with Crippen molar-refractivity contribution >= 4 is 27.6 Å². The van der Waals surface area contributed by atoms with E-state index >= 15 is 0 Å². The van der Waals surface area contributed by atoms with Crippen molar-refractivity contribution in [3.63, 3.8) is 0 Å². The molecule has 5 nitrogen and oxygen atoms in total. The summed E-state index contributed by atoms with van der Waals surface area (Å²) >= 11 is 1.43. The van der Waals surface area contributed by atoms with Gasteiger partial charge in [-0.2, -0.15) is 11.8 Å². The van der Waals surface area contributed by atoms with Crippen LogP contribution in [-0.2, 0) is 14.6 Å². The molecule has 7 heteroatoms. The Bertz CT molecular complexity index is 337. The Labute approximate surface area is 101 Å². The molecule has 3 N–H and O–H groups in total. The van der Waals surface area contributed by atoms with Crippen molar-refractivity contribution in [3.05, 3.63) is 0 Å². The molecule has 0 amide bonds. The lowest BCUT2D eigenvalue weighted by molar-refractivity contribution is -0.142. The summed E-state index contributed by atoms with van der Waals surface area (Å²) in [5, 5.41) is 8.84. The van der Waals surface area contributed by atoms with Crippen molar-refractivity contribution in [1.29, 1.82) is 0 Å². The lowest BCUT2D eigenvalue weighted by atomic mass is 9.98. The summed E-state index contributed by atoms with van der Waals surface area (Å²) in [4.78, 5) is 10.8. The SMILES string of the molecule is CC(CC(C)(N)C(=O)O)SCCS(C)(=O)=O. The average Bonchev–Trinajstić information content (AvgIpc) is 1.99. The Morgan fingerprint density at radius 1 is 1.56 bits per heavy atom. The minimum absolute atomic E-state index is 0.0212. The lowest BCUT2D eigenvalue weighted by Gasteiger charge is -2.22. The van der Waals surface area contributed by atoms with Crippen LogP contribution >= 0.6 is 11.8 Å². The zero-order chi connectivity index (χ0) is 13.0. The van der Waals surface area contributed by atoms with E-state index in [1.54, 1.807) is 0 Å². The molecule has 0 aliphatic rings. The maximum absolute atomic E-state index is 10.9. The van der Waals surface area contributed by atoms with Crippen LogP contribution in [0, 0.1) is 0 Å². The van der Waals surface area contributed by atoms with Crippen LogP contribution < -0.4 is 5.73 Å². The second-order valence-corrected chi connectivity index (χ2v) is 8.04. The zero-order valence-electron chi connectivity index (χ0n) is 9.76. The average molecular weight is 269 g/mol. The van der Waals surface area contributed by atoms with E-state index < -0.39 is 21.3 Å². The van der Waals surface area contributed by atoms with Gasteiger partial charge in [-0.3, -0.25) is 4.79 Å². The van der Waals surface area contributed by atoms with Crippen LogP contribution in [0.2, 0.25) is 0 Å². The van der Waals surface area contributed by atoms with Crippen LogP contribution in [0.15, 0.2) is 0 Å². The smallest absolute Gasteiger partial charge is 0.323 e. The van der Waals surface area contributed by atoms with E-state index in [9.17, 15) is 13.2 Å². The summed E-state index contributed by atoms with van der Waals surface area (Å²) in [5.74, 6) is -0.463. The quantitative estimate of drug-likeness (QED) is 0.692. The normalized spacial score (nSPS) is 17.8. The predicted molar refractivity (Wildman–Crippen MR) is 66.5 cm³/mol. The van der Waals surface area contributed by atoms with Gasteiger partial charge in [-0.1, -0.05) is 6.92 Å². The van der Waals surface area contributed by atoms with E-state index in [0.29, 0.717) is 12.2 Å². The molecule has 0 rings (SSSR count). The Balaban J connectivity index is 4.01. The Hall–Kier alpha value is -0.270. The maximum Gasteiger partial charge on any atom is 0.323 e. The van der Waals surface area contributed by atoms with Gasteiger partial charge in [-0.05, 0) is 13.3 Å². The Morgan fingerprint density at radius 2 is 2.06 bits per heavy atom. The molecule has 0 radical (unpaired) electrons. The van der Waals surface area contributed by atoms with Gasteiger partial charge >= 0.3 is 5.97 Å². The number of aliphatic carboxylic acids is 1. The Kier molecular flexibility index (Phi) is 5.78. The predicted octanol–water partition coefficient (Wildman–Crippen LogP) is 0.345. The summed E-state index contributed by atoms with van der Waals surface area (Å²) in [6.45, 7) is 3.31. The zero-order valence-corrected chi connectivity index (χ0v) is 11.4. The van der Waals surface area contributed by atoms with Gasteiger partial charge in [0.2, 0.25) is 0 Å². The molecule has 2 atom stereocenters. The molecule has 0 aliphatic carbocycles. The number of nitrogens with two attached hydrogens (primary N) is 1. The number of hydrogen-bond acceptors (Lipinski definition) is 5. The fourth-order valence-electron chi connectivity index (χ4n) is 1.14.